The smallest absolute Gasteiger partial charge is 0.191 e. The van der Waals surface area contributed by atoms with Gasteiger partial charge >= 0.3 is 0 Å². The van der Waals surface area contributed by atoms with Crippen molar-refractivity contribution in [3.05, 3.63) is 23.9 Å². The van der Waals surface area contributed by atoms with Gasteiger partial charge in [0.25, 0.3) is 0 Å². The van der Waals surface area contributed by atoms with Crippen molar-refractivity contribution in [2.45, 2.75) is 32.9 Å². The molecule has 0 fully saturated rings. The van der Waals surface area contributed by atoms with Crippen LogP contribution in [0, 0.1) is 0 Å². The maximum atomic E-state index is 5.41. The second-order valence-corrected chi connectivity index (χ2v) is 5.93. The summed E-state index contributed by atoms with van der Waals surface area (Å²) in [6.07, 6.45) is 1.81. The summed E-state index contributed by atoms with van der Waals surface area (Å²) in [5, 5.41) is 6.55. The molecule has 0 saturated carbocycles. The second kappa shape index (κ2) is 8.58. The lowest BCUT2D eigenvalue weighted by molar-refractivity contribution is 0.0268. The Morgan fingerprint density at radius 2 is 2.09 bits per heavy atom. The number of aromatic nitrogens is 1. The van der Waals surface area contributed by atoms with Crippen LogP contribution in [-0.2, 0) is 11.3 Å². The van der Waals surface area contributed by atoms with Crippen molar-refractivity contribution in [3.63, 3.8) is 0 Å². The van der Waals surface area contributed by atoms with Crippen LogP contribution in [0.2, 0.25) is 0 Å². The van der Waals surface area contributed by atoms with Crippen LogP contribution >= 0.6 is 0 Å². The van der Waals surface area contributed by atoms with Gasteiger partial charge in [0.15, 0.2) is 5.96 Å². The summed E-state index contributed by atoms with van der Waals surface area (Å²) in [5.74, 6) is 1.72. The van der Waals surface area contributed by atoms with Crippen LogP contribution in [-0.4, -0.2) is 50.8 Å². The number of pyridine rings is 1. The van der Waals surface area contributed by atoms with E-state index in [1.807, 2.05) is 51.2 Å². The highest BCUT2D eigenvalue weighted by Gasteiger charge is 2.16. The molecule has 0 amide bonds. The molecule has 22 heavy (non-hydrogen) atoms. The summed E-state index contributed by atoms with van der Waals surface area (Å²) < 4.78 is 5.41. The van der Waals surface area contributed by atoms with Crippen molar-refractivity contribution >= 4 is 11.8 Å². The van der Waals surface area contributed by atoms with Crippen molar-refractivity contribution in [2.75, 3.05) is 39.2 Å². The van der Waals surface area contributed by atoms with E-state index in [9.17, 15) is 0 Å². The number of ether oxygens (including phenoxy) is 1. The first-order valence-corrected chi connectivity index (χ1v) is 7.57. The molecular formula is C16H29N5O. The Bertz CT molecular complexity index is 485. The molecule has 6 heteroatoms. The van der Waals surface area contributed by atoms with Crippen LogP contribution in [0.15, 0.2) is 23.3 Å². The second-order valence-electron chi connectivity index (χ2n) is 5.93. The van der Waals surface area contributed by atoms with Gasteiger partial charge in [0.05, 0.1) is 12.1 Å². The maximum absolute atomic E-state index is 5.41. The lowest BCUT2D eigenvalue weighted by Crippen LogP contribution is -2.45. The molecule has 0 saturated heterocycles. The number of rotatable bonds is 7. The largest absolute Gasteiger partial charge is 0.377 e. The summed E-state index contributed by atoms with van der Waals surface area (Å²) >= 11 is 0. The van der Waals surface area contributed by atoms with Crippen molar-refractivity contribution in [1.29, 1.82) is 0 Å². The van der Waals surface area contributed by atoms with Gasteiger partial charge in [-0.3, -0.25) is 0 Å². The average molecular weight is 307 g/mol. The fourth-order valence-electron chi connectivity index (χ4n) is 1.68. The zero-order chi connectivity index (χ0) is 16.6. The van der Waals surface area contributed by atoms with E-state index in [2.05, 4.69) is 27.5 Å². The number of methoxy groups -OCH3 is 1. The molecule has 1 heterocycles. The van der Waals surface area contributed by atoms with E-state index >= 15 is 0 Å². The summed E-state index contributed by atoms with van der Waals surface area (Å²) in [7, 11) is 5.67. The van der Waals surface area contributed by atoms with E-state index in [0.29, 0.717) is 13.1 Å². The van der Waals surface area contributed by atoms with Gasteiger partial charge < -0.3 is 20.3 Å². The SMILES string of the molecule is CCNC(=NCc1ccnc(N(C)C)c1)NCC(C)(C)OC. The Kier molecular flexibility index (Phi) is 7.11. The molecule has 0 bridgehead atoms. The first-order valence-electron chi connectivity index (χ1n) is 7.57. The third kappa shape index (κ3) is 6.30. The van der Waals surface area contributed by atoms with Crippen molar-refractivity contribution < 1.29 is 4.74 Å². The van der Waals surface area contributed by atoms with Gasteiger partial charge in [-0.1, -0.05) is 0 Å². The normalized spacial score (nSPS) is 12.2. The van der Waals surface area contributed by atoms with Crippen LogP contribution < -0.4 is 15.5 Å². The number of nitrogens with zero attached hydrogens (tertiary/aromatic N) is 3. The van der Waals surface area contributed by atoms with Crippen molar-refractivity contribution in [3.8, 4) is 0 Å². The summed E-state index contributed by atoms with van der Waals surface area (Å²) in [5.41, 5.74) is 0.896. The maximum Gasteiger partial charge on any atom is 0.191 e. The predicted molar refractivity (Wildman–Crippen MR) is 92.5 cm³/mol. The van der Waals surface area contributed by atoms with Gasteiger partial charge in [0, 0.05) is 40.5 Å². The molecule has 1 rings (SSSR count). The Labute approximate surface area is 134 Å². The van der Waals surface area contributed by atoms with E-state index in [1.54, 1.807) is 7.11 Å². The molecule has 0 aromatic carbocycles. The van der Waals surface area contributed by atoms with Crippen LogP contribution in [0.25, 0.3) is 0 Å². The topological polar surface area (TPSA) is 61.8 Å². The van der Waals surface area contributed by atoms with Crippen molar-refractivity contribution in [1.82, 2.24) is 15.6 Å². The van der Waals surface area contributed by atoms with E-state index in [4.69, 9.17) is 4.74 Å². The molecular weight excluding hydrogens is 278 g/mol. The van der Waals surface area contributed by atoms with E-state index < -0.39 is 0 Å². The first-order chi connectivity index (χ1) is 10.4. The number of aliphatic imine (C=N–C) groups is 1. The molecule has 0 aliphatic heterocycles. The van der Waals surface area contributed by atoms with Gasteiger partial charge in [0.2, 0.25) is 0 Å². The predicted octanol–water partition coefficient (Wildman–Crippen LogP) is 1.63. The third-order valence-electron chi connectivity index (χ3n) is 3.27. The first kappa shape index (κ1) is 18.2. The fourth-order valence-corrected chi connectivity index (χ4v) is 1.68. The summed E-state index contributed by atoms with van der Waals surface area (Å²) in [6, 6.07) is 4.03. The molecule has 1 aromatic heterocycles. The van der Waals surface area contributed by atoms with Gasteiger partial charge in [-0.2, -0.15) is 0 Å². The number of hydrogen-bond acceptors (Lipinski definition) is 4. The monoisotopic (exact) mass is 307 g/mol. The zero-order valence-corrected chi connectivity index (χ0v) is 14.6. The summed E-state index contributed by atoms with van der Waals surface area (Å²) in [6.45, 7) is 8.24. The quantitative estimate of drug-likeness (QED) is 0.592. The number of guanidine groups is 1. The number of nitrogens with one attached hydrogen (secondary N) is 2. The van der Waals surface area contributed by atoms with E-state index in [-0.39, 0.29) is 5.60 Å². The average Bonchev–Trinajstić information content (AvgIpc) is 2.50. The minimum absolute atomic E-state index is 0.231. The Morgan fingerprint density at radius 3 is 2.68 bits per heavy atom. The van der Waals surface area contributed by atoms with Gasteiger partial charge in [0.1, 0.15) is 5.82 Å². The highest BCUT2D eigenvalue weighted by Crippen LogP contribution is 2.10. The van der Waals surface area contributed by atoms with Gasteiger partial charge in [-0.05, 0) is 38.5 Å². The molecule has 0 aliphatic rings. The highest BCUT2D eigenvalue weighted by molar-refractivity contribution is 5.79. The lowest BCUT2D eigenvalue weighted by Gasteiger charge is -2.24. The molecule has 124 valence electrons. The number of hydrogen-bond donors (Lipinski definition) is 2. The molecule has 0 spiro atoms. The molecule has 0 unspecified atom stereocenters. The summed E-state index contributed by atoms with van der Waals surface area (Å²) in [4.78, 5) is 10.9. The molecule has 6 nitrogen and oxygen atoms in total. The van der Waals surface area contributed by atoms with E-state index in [0.717, 1.165) is 23.9 Å². The Hall–Kier alpha value is -1.82. The van der Waals surface area contributed by atoms with Crippen LogP contribution in [0.4, 0.5) is 5.82 Å². The molecule has 0 aliphatic carbocycles. The highest BCUT2D eigenvalue weighted by atomic mass is 16.5. The molecule has 0 atom stereocenters. The minimum atomic E-state index is -0.231. The Morgan fingerprint density at radius 1 is 1.36 bits per heavy atom. The molecule has 0 radical (unpaired) electrons. The number of anilines is 1. The van der Waals surface area contributed by atoms with E-state index in [1.165, 1.54) is 0 Å². The fraction of sp³-hybridized carbons (Fsp3) is 0.625. The lowest BCUT2D eigenvalue weighted by atomic mass is 10.1. The van der Waals surface area contributed by atoms with Gasteiger partial charge in [-0.25, -0.2) is 9.98 Å². The zero-order valence-electron chi connectivity index (χ0n) is 14.6. The molecule has 1 aromatic rings. The third-order valence-corrected chi connectivity index (χ3v) is 3.27. The molecule has 2 N–H and O–H groups in total. The standard InChI is InChI=1S/C16H29N5O/c1-7-17-15(20-12-16(2,3)22-6)19-11-13-8-9-18-14(10-13)21(4)5/h8-10H,7,11-12H2,1-6H3,(H2,17,19,20). The Balaban J connectivity index is 2.71. The van der Waals surface area contributed by atoms with Crippen LogP contribution in [0.5, 0.6) is 0 Å². The van der Waals surface area contributed by atoms with Crippen molar-refractivity contribution in [2.24, 2.45) is 4.99 Å². The van der Waals surface area contributed by atoms with Crippen LogP contribution in [0.3, 0.4) is 0 Å². The van der Waals surface area contributed by atoms with Gasteiger partial charge in [-0.15, -0.1) is 0 Å². The van der Waals surface area contributed by atoms with Crippen LogP contribution in [0.1, 0.15) is 26.3 Å². The minimum Gasteiger partial charge on any atom is -0.377 e.